The summed E-state index contributed by atoms with van der Waals surface area (Å²) in [4.78, 5) is 15.7. The normalized spacial score (nSPS) is 19.8. The van der Waals surface area contributed by atoms with Crippen LogP contribution in [0.25, 0.3) is 10.9 Å². The lowest BCUT2D eigenvalue weighted by atomic mass is 10.1. The second kappa shape index (κ2) is 8.18. The van der Waals surface area contributed by atoms with Gasteiger partial charge in [-0.3, -0.25) is 4.98 Å². The molecule has 1 spiro atoms. The monoisotopic (exact) mass is 393 g/mol. The maximum Gasteiger partial charge on any atom is 0.183 e. The van der Waals surface area contributed by atoms with Crippen molar-refractivity contribution in [2.45, 2.75) is 32.4 Å². The highest BCUT2D eigenvalue weighted by atomic mass is 16.6. The Bertz CT molecular complexity index is 990. The van der Waals surface area contributed by atoms with Crippen molar-refractivity contribution >= 4 is 28.4 Å². The van der Waals surface area contributed by atoms with Gasteiger partial charge in [-0.15, -0.1) is 0 Å². The van der Waals surface area contributed by atoms with Gasteiger partial charge >= 0.3 is 0 Å². The van der Waals surface area contributed by atoms with Crippen LogP contribution in [0.3, 0.4) is 0 Å². The predicted molar refractivity (Wildman–Crippen MR) is 116 cm³/mol. The third kappa shape index (κ3) is 4.08. The zero-order valence-electron chi connectivity index (χ0n) is 16.9. The molecule has 2 fully saturated rings. The van der Waals surface area contributed by atoms with E-state index in [0.29, 0.717) is 18.2 Å². The van der Waals surface area contributed by atoms with Crippen LogP contribution in [0.4, 0.5) is 17.5 Å². The van der Waals surface area contributed by atoms with Gasteiger partial charge in [0, 0.05) is 24.7 Å². The quantitative estimate of drug-likeness (QED) is 0.345. The summed E-state index contributed by atoms with van der Waals surface area (Å²) in [5.41, 5.74) is 4.79. The van der Waals surface area contributed by atoms with Crippen molar-refractivity contribution in [2.24, 2.45) is 5.84 Å². The Labute approximate surface area is 170 Å². The summed E-state index contributed by atoms with van der Waals surface area (Å²) in [5, 5.41) is 4.46. The summed E-state index contributed by atoms with van der Waals surface area (Å²) in [7, 11) is 0. The number of ether oxygens (including phenoxy) is 1. The van der Waals surface area contributed by atoms with E-state index in [2.05, 4.69) is 43.8 Å². The Morgan fingerprint density at radius 3 is 2.83 bits per heavy atom. The minimum absolute atomic E-state index is 0.0548. The fourth-order valence-corrected chi connectivity index (χ4v) is 3.56. The van der Waals surface area contributed by atoms with E-state index >= 15 is 0 Å². The first-order valence-electron chi connectivity index (χ1n) is 10.0. The first kappa shape index (κ1) is 19.4. The summed E-state index contributed by atoms with van der Waals surface area (Å²) >= 11 is 0. The molecule has 0 radical (unpaired) electrons. The molecule has 4 heterocycles. The number of hydrazine groups is 1. The van der Waals surface area contributed by atoms with Crippen LogP contribution in [0.1, 0.15) is 25.8 Å². The van der Waals surface area contributed by atoms with Gasteiger partial charge in [-0.05, 0) is 30.2 Å². The molecule has 1 aromatic carbocycles. The van der Waals surface area contributed by atoms with Gasteiger partial charge < -0.3 is 20.4 Å². The molecule has 2 aliphatic heterocycles. The van der Waals surface area contributed by atoms with Crippen LogP contribution < -0.4 is 21.5 Å². The maximum absolute atomic E-state index is 5.62. The smallest absolute Gasteiger partial charge is 0.183 e. The number of nitrogens with zero attached hydrogens (tertiary/aromatic N) is 4. The van der Waals surface area contributed by atoms with Gasteiger partial charge in [-0.2, -0.15) is 0 Å². The van der Waals surface area contributed by atoms with Gasteiger partial charge in [0.25, 0.3) is 0 Å². The van der Waals surface area contributed by atoms with E-state index in [9.17, 15) is 0 Å². The van der Waals surface area contributed by atoms with E-state index in [1.165, 1.54) is 0 Å². The standard InChI is InChI=1S/C19H21N7O.C2H6/c20-25-18-17(22-9-13-3-4-15-14(8-13)2-1-6-21-15)24-16(10-23-18)26-7-5-19(11-26)12-27-19;1-2/h1-4,6,8,10H,5,7,9,11-12,20H2,(H,22,24)(H,23,25);1-2H3. The number of pyridine rings is 1. The Balaban J connectivity index is 0.000000994. The lowest BCUT2D eigenvalue weighted by Crippen LogP contribution is -2.24. The van der Waals surface area contributed by atoms with E-state index in [1.807, 2.05) is 26.0 Å². The number of fused-ring (bicyclic) bond motifs is 1. The number of hydrogen-bond donors (Lipinski definition) is 3. The van der Waals surface area contributed by atoms with Gasteiger partial charge in [0.2, 0.25) is 0 Å². The van der Waals surface area contributed by atoms with Gasteiger partial charge in [0.15, 0.2) is 11.6 Å². The molecule has 2 aliphatic rings. The second-order valence-corrected chi connectivity index (χ2v) is 7.10. The molecule has 0 amide bonds. The van der Waals surface area contributed by atoms with Crippen LogP contribution in [0.15, 0.2) is 42.7 Å². The van der Waals surface area contributed by atoms with Crippen LogP contribution in [-0.4, -0.2) is 40.2 Å². The topological polar surface area (TPSA) is 105 Å². The molecule has 1 unspecified atom stereocenters. The molecular weight excluding hydrogens is 366 g/mol. The molecule has 1 atom stereocenters. The Morgan fingerprint density at radius 1 is 1.21 bits per heavy atom. The average molecular weight is 393 g/mol. The van der Waals surface area contributed by atoms with Crippen molar-refractivity contribution in [2.75, 3.05) is 35.3 Å². The summed E-state index contributed by atoms with van der Waals surface area (Å²) in [6.07, 6.45) is 4.60. The summed E-state index contributed by atoms with van der Waals surface area (Å²) < 4.78 is 5.58. The minimum atomic E-state index is 0.0548. The number of benzene rings is 1. The zero-order chi connectivity index (χ0) is 20.3. The lowest BCUT2D eigenvalue weighted by molar-refractivity contribution is 0.325. The van der Waals surface area contributed by atoms with Crippen LogP contribution in [0, 0.1) is 0 Å². The van der Waals surface area contributed by atoms with Crippen LogP contribution in [0.5, 0.6) is 0 Å². The van der Waals surface area contributed by atoms with Crippen molar-refractivity contribution in [1.29, 1.82) is 0 Å². The number of nitrogens with one attached hydrogen (secondary N) is 2. The Morgan fingerprint density at radius 2 is 2.07 bits per heavy atom. The lowest BCUT2D eigenvalue weighted by Gasteiger charge is -2.18. The number of aromatic nitrogens is 3. The number of hydrogen-bond acceptors (Lipinski definition) is 8. The Kier molecular flexibility index (Phi) is 5.46. The number of anilines is 3. The first-order chi connectivity index (χ1) is 14.2. The second-order valence-electron chi connectivity index (χ2n) is 7.10. The van der Waals surface area contributed by atoms with Gasteiger partial charge in [-0.1, -0.05) is 26.0 Å². The van der Waals surface area contributed by atoms with Crippen molar-refractivity contribution in [3.8, 4) is 0 Å². The minimum Gasteiger partial charge on any atom is -0.368 e. The number of nitrogen functional groups attached to an aromatic ring is 1. The molecule has 0 bridgehead atoms. The third-order valence-electron chi connectivity index (χ3n) is 5.22. The molecule has 152 valence electrons. The largest absolute Gasteiger partial charge is 0.368 e. The van der Waals surface area contributed by atoms with E-state index in [-0.39, 0.29) is 5.60 Å². The summed E-state index contributed by atoms with van der Waals surface area (Å²) in [5.74, 6) is 7.62. The van der Waals surface area contributed by atoms with Crippen LogP contribution >= 0.6 is 0 Å². The van der Waals surface area contributed by atoms with Crippen molar-refractivity contribution in [3.05, 3.63) is 48.3 Å². The highest BCUT2D eigenvalue weighted by Crippen LogP contribution is 2.38. The molecule has 8 heteroatoms. The Hall–Kier alpha value is -2.97. The average Bonchev–Trinajstić information content (AvgIpc) is 3.41. The van der Waals surface area contributed by atoms with Gasteiger partial charge in [-0.25, -0.2) is 15.8 Å². The number of nitrogens with two attached hydrogens (primary N) is 1. The van der Waals surface area contributed by atoms with E-state index in [0.717, 1.165) is 48.4 Å². The summed E-state index contributed by atoms with van der Waals surface area (Å²) in [6, 6.07) is 10.2. The molecule has 5 rings (SSSR count). The molecule has 29 heavy (non-hydrogen) atoms. The SMILES string of the molecule is CC.NNc1ncc(N2CCC3(CO3)C2)nc1NCc1ccc2ncccc2c1. The molecule has 0 saturated carbocycles. The zero-order valence-corrected chi connectivity index (χ0v) is 16.9. The first-order valence-corrected chi connectivity index (χ1v) is 10.0. The van der Waals surface area contributed by atoms with Crippen LogP contribution in [-0.2, 0) is 11.3 Å². The number of rotatable bonds is 5. The molecular formula is C21H27N7O. The number of epoxide rings is 1. The molecule has 2 aromatic heterocycles. The maximum atomic E-state index is 5.62. The van der Waals surface area contributed by atoms with Gasteiger partial charge in [0.05, 0.1) is 24.9 Å². The molecule has 8 nitrogen and oxygen atoms in total. The van der Waals surface area contributed by atoms with Crippen molar-refractivity contribution < 1.29 is 4.74 Å². The third-order valence-corrected chi connectivity index (χ3v) is 5.22. The van der Waals surface area contributed by atoms with E-state index < -0.39 is 0 Å². The molecule has 4 N–H and O–H groups in total. The predicted octanol–water partition coefficient (Wildman–Crippen LogP) is 2.93. The molecule has 0 aliphatic carbocycles. The van der Waals surface area contributed by atoms with E-state index in [4.69, 9.17) is 15.6 Å². The highest BCUT2D eigenvalue weighted by Gasteiger charge is 2.50. The van der Waals surface area contributed by atoms with Crippen molar-refractivity contribution in [3.63, 3.8) is 0 Å². The van der Waals surface area contributed by atoms with Crippen LogP contribution in [0.2, 0.25) is 0 Å². The molecule has 3 aromatic rings. The fraction of sp³-hybridized carbons (Fsp3) is 0.381. The van der Waals surface area contributed by atoms with Crippen molar-refractivity contribution in [1.82, 2.24) is 15.0 Å². The van der Waals surface area contributed by atoms with E-state index in [1.54, 1.807) is 12.4 Å². The summed E-state index contributed by atoms with van der Waals surface area (Å²) in [6.45, 7) is 7.27. The molecule has 2 saturated heterocycles. The fourth-order valence-electron chi connectivity index (χ4n) is 3.56. The highest BCUT2D eigenvalue weighted by molar-refractivity contribution is 5.79. The van der Waals surface area contributed by atoms with Gasteiger partial charge in [0.1, 0.15) is 11.4 Å².